The number of piperidine rings is 1. The van der Waals surface area contributed by atoms with Crippen LogP contribution in [0.5, 0.6) is 0 Å². The quantitative estimate of drug-likeness (QED) is 0.224. The number of benzene rings is 4. The lowest BCUT2D eigenvalue weighted by Gasteiger charge is -2.47. The fourth-order valence-corrected chi connectivity index (χ4v) is 7.21. The maximum absolute atomic E-state index is 13.7. The molecule has 0 saturated carbocycles. The third-order valence-corrected chi connectivity index (χ3v) is 9.10. The zero-order valence-electron chi connectivity index (χ0n) is 22.5. The Balaban J connectivity index is 0.996. The molecular weight excluding hydrogens is 514 g/mol. The first-order valence-corrected chi connectivity index (χ1v) is 14.3. The van der Waals surface area contributed by atoms with Gasteiger partial charge >= 0.3 is 6.09 Å². The van der Waals surface area contributed by atoms with Gasteiger partial charge in [-0.05, 0) is 59.4 Å². The van der Waals surface area contributed by atoms with Gasteiger partial charge in [0.2, 0.25) is 0 Å². The predicted molar refractivity (Wildman–Crippen MR) is 156 cm³/mol. The summed E-state index contributed by atoms with van der Waals surface area (Å²) in [6.07, 6.45) is 0.801. The SMILES string of the molecule is O=C(c1ccc2oc3ccccc3c2c1)C1CC2COCC(C1)N2C(=O)OCC1c2ccccc2-c2ccccc21. The van der Waals surface area contributed by atoms with Gasteiger partial charge < -0.3 is 13.9 Å². The highest BCUT2D eigenvalue weighted by Crippen LogP contribution is 2.45. The first-order valence-electron chi connectivity index (χ1n) is 14.3. The Bertz CT molecular complexity index is 1760. The largest absolute Gasteiger partial charge is 0.456 e. The van der Waals surface area contributed by atoms with Crippen molar-refractivity contribution in [2.45, 2.75) is 30.8 Å². The summed E-state index contributed by atoms with van der Waals surface area (Å²) < 4.78 is 17.8. The number of Topliss-reactive ketones (excluding diaryl/α,β-unsaturated/α-hetero) is 1. The Kier molecular flexibility index (Phi) is 5.71. The van der Waals surface area contributed by atoms with Crippen molar-refractivity contribution < 1.29 is 23.5 Å². The topological polar surface area (TPSA) is 69.0 Å². The van der Waals surface area contributed by atoms with E-state index in [2.05, 4.69) is 24.3 Å². The number of ether oxygens (including phenoxy) is 2. The van der Waals surface area contributed by atoms with Crippen molar-refractivity contribution in [3.63, 3.8) is 0 Å². The van der Waals surface area contributed by atoms with E-state index in [1.807, 2.05) is 71.6 Å². The minimum Gasteiger partial charge on any atom is -0.456 e. The summed E-state index contributed by atoms with van der Waals surface area (Å²) in [6.45, 7) is 1.11. The summed E-state index contributed by atoms with van der Waals surface area (Å²) in [7, 11) is 0. The van der Waals surface area contributed by atoms with Gasteiger partial charge in [0.05, 0.1) is 25.3 Å². The van der Waals surface area contributed by atoms with Crippen LogP contribution in [-0.4, -0.2) is 48.7 Å². The highest BCUT2D eigenvalue weighted by atomic mass is 16.6. The smallest absolute Gasteiger partial charge is 0.410 e. The van der Waals surface area contributed by atoms with Crippen LogP contribution in [-0.2, 0) is 9.47 Å². The monoisotopic (exact) mass is 543 g/mol. The normalized spacial score (nSPS) is 21.6. The number of furan rings is 1. The number of ketones is 1. The maximum Gasteiger partial charge on any atom is 0.410 e. The summed E-state index contributed by atoms with van der Waals surface area (Å²) in [6, 6.07) is 29.9. The lowest BCUT2D eigenvalue weighted by atomic mass is 9.80. The molecule has 1 aliphatic carbocycles. The zero-order chi connectivity index (χ0) is 27.5. The minimum absolute atomic E-state index is 0.00970. The molecule has 8 rings (SSSR count). The molecule has 4 aromatic carbocycles. The fraction of sp³-hybridized carbons (Fsp3) is 0.257. The van der Waals surface area contributed by atoms with Crippen molar-refractivity contribution in [3.8, 4) is 11.1 Å². The number of nitrogens with zero attached hydrogens (tertiary/aromatic N) is 1. The summed E-state index contributed by atoms with van der Waals surface area (Å²) >= 11 is 0. The van der Waals surface area contributed by atoms with Crippen molar-refractivity contribution in [3.05, 3.63) is 108 Å². The average Bonchev–Trinajstić information content (AvgIpc) is 3.54. The van der Waals surface area contributed by atoms with Crippen LogP contribution < -0.4 is 0 Å². The molecule has 2 aliphatic heterocycles. The number of rotatable bonds is 4. The molecule has 3 aliphatic rings. The number of hydrogen-bond acceptors (Lipinski definition) is 5. The van der Waals surface area contributed by atoms with Gasteiger partial charge in [0.1, 0.15) is 17.8 Å². The lowest BCUT2D eigenvalue weighted by Crippen LogP contribution is -2.60. The van der Waals surface area contributed by atoms with Gasteiger partial charge in [-0.25, -0.2) is 4.79 Å². The van der Waals surface area contributed by atoms with Crippen molar-refractivity contribution in [2.75, 3.05) is 19.8 Å². The molecule has 204 valence electrons. The Morgan fingerprint density at radius 3 is 2.12 bits per heavy atom. The molecule has 2 atom stereocenters. The first-order chi connectivity index (χ1) is 20.2. The van der Waals surface area contributed by atoms with Crippen LogP contribution in [0.25, 0.3) is 33.1 Å². The van der Waals surface area contributed by atoms with Crippen LogP contribution in [0.4, 0.5) is 4.79 Å². The molecule has 1 aromatic heterocycles. The van der Waals surface area contributed by atoms with Gasteiger partial charge in [-0.3, -0.25) is 9.69 Å². The highest BCUT2D eigenvalue weighted by Gasteiger charge is 2.45. The van der Waals surface area contributed by atoms with Crippen LogP contribution in [0.1, 0.15) is 40.2 Å². The standard InChI is InChI=1S/C35H29NO5/c37-34(21-13-14-33-30(17-21)29-11-5-6-12-32(29)41-33)22-15-23-18-39-19-24(16-22)36(23)35(38)40-20-31-27-9-3-1-7-25(27)26-8-2-4-10-28(26)31/h1-14,17,22-24,31H,15-16,18-20H2. The third-order valence-electron chi connectivity index (χ3n) is 9.10. The van der Waals surface area contributed by atoms with Crippen molar-refractivity contribution >= 4 is 33.8 Å². The Morgan fingerprint density at radius 2 is 1.39 bits per heavy atom. The van der Waals surface area contributed by atoms with Gasteiger partial charge in [-0.2, -0.15) is 0 Å². The average molecular weight is 544 g/mol. The van der Waals surface area contributed by atoms with Crippen molar-refractivity contribution in [2.24, 2.45) is 5.92 Å². The summed E-state index contributed by atoms with van der Waals surface area (Å²) in [4.78, 5) is 29.1. The molecule has 3 heterocycles. The number of morpholine rings is 1. The molecule has 6 heteroatoms. The zero-order valence-corrected chi connectivity index (χ0v) is 22.5. The van der Waals surface area contributed by atoms with E-state index in [0.29, 0.717) is 31.6 Å². The third kappa shape index (κ3) is 3.97. The molecule has 0 spiro atoms. The van der Waals surface area contributed by atoms with E-state index in [0.717, 1.165) is 21.9 Å². The van der Waals surface area contributed by atoms with E-state index in [9.17, 15) is 9.59 Å². The van der Waals surface area contributed by atoms with Crippen molar-refractivity contribution in [1.82, 2.24) is 4.90 Å². The highest BCUT2D eigenvalue weighted by molar-refractivity contribution is 6.09. The maximum atomic E-state index is 13.7. The molecule has 5 aromatic rings. The molecule has 2 fully saturated rings. The molecule has 2 saturated heterocycles. The van der Waals surface area contributed by atoms with Gasteiger partial charge in [-0.1, -0.05) is 66.7 Å². The van der Waals surface area contributed by atoms with Crippen LogP contribution in [0, 0.1) is 5.92 Å². The molecule has 6 nitrogen and oxygen atoms in total. The van der Waals surface area contributed by atoms with Crippen LogP contribution >= 0.6 is 0 Å². The number of carbonyl (C=O) groups is 2. The van der Waals surface area contributed by atoms with Crippen LogP contribution in [0.15, 0.2) is 95.4 Å². The van der Waals surface area contributed by atoms with E-state index in [4.69, 9.17) is 13.9 Å². The van der Waals surface area contributed by atoms with E-state index in [1.54, 1.807) is 0 Å². The number of carbonyl (C=O) groups excluding carboxylic acids is 2. The van der Waals surface area contributed by atoms with Gasteiger partial charge in [-0.15, -0.1) is 0 Å². The van der Waals surface area contributed by atoms with E-state index in [-0.39, 0.29) is 42.4 Å². The Labute approximate surface area is 237 Å². The summed E-state index contributed by atoms with van der Waals surface area (Å²) in [5.74, 6) is -0.0566. The second-order valence-electron chi connectivity index (χ2n) is 11.4. The van der Waals surface area contributed by atoms with E-state index in [1.165, 1.54) is 22.3 Å². The number of hydrogen-bond donors (Lipinski definition) is 0. The second-order valence-corrected chi connectivity index (χ2v) is 11.4. The molecule has 1 amide bonds. The summed E-state index contributed by atoms with van der Waals surface area (Å²) in [5, 5.41) is 1.96. The first kappa shape index (κ1) is 24.4. The van der Waals surface area contributed by atoms with Crippen LogP contribution in [0.3, 0.4) is 0 Å². The molecule has 41 heavy (non-hydrogen) atoms. The number of amides is 1. The predicted octanol–water partition coefficient (Wildman–Crippen LogP) is 7.20. The van der Waals surface area contributed by atoms with Gasteiger partial charge in [0, 0.05) is 28.2 Å². The summed E-state index contributed by atoms with van der Waals surface area (Å²) in [5.41, 5.74) is 7.06. The molecule has 0 radical (unpaired) electrons. The van der Waals surface area contributed by atoms with Gasteiger partial charge in [0.15, 0.2) is 5.78 Å². The molecule has 2 unspecified atom stereocenters. The molecular formula is C35H29NO5. The second kappa shape index (κ2) is 9.60. The van der Waals surface area contributed by atoms with E-state index >= 15 is 0 Å². The number of para-hydroxylation sites is 1. The van der Waals surface area contributed by atoms with Gasteiger partial charge in [0.25, 0.3) is 0 Å². The Hall–Kier alpha value is -4.42. The molecule has 0 N–H and O–H groups in total. The fourth-order valence-electron chi connectivity index (χ4n) is 7.21. The molecule has 2 bridgehead atoms. The van der Waals surface area contributed by atoms with Crippen molar-refractivity contribution in [1.29, 1.82) is 0 Å². The van der Waals surface area contributed by atoms with Crippen LogP contribution in [0.2, 0.25) is 0 Å². The minimum atomic E-state index is -0.317. The lowest BCUT2D eigenvalue weighted by molar-refractivity contribution is -0.0747. The number of fused-ring (bicyclic) bond motifs is 8. The van der Waals surface area contributed by atoms with E-state index < -0.39 is 0 Å². The Morgan fingerprint density at radius 1 is 0.756 bits per heavy atom.